The first-order chi connectivity index (χ1) is 11.7. The lowest BCUT2D eigenvalue weighted by atomic mass is 10.1. The number of rotatable bonds is 4. The molecule has 0 saturated heterocycles. The number of anilines is 1. The molecule has 0 spiro atoms. The van der Waals surface area contributed by atoms with Gasteiger partial charge in [-0.15, -0.1) is 11.3 Å². The van der Waals surface area contributed by atoms with Gasteiger partial charge in [-0.05, 0) is 19.9 Å². The summed E-state index contributed by atoms with van der Waals surface area (Å²) in [4.78, 5) is 10.8. The molecule has 0 saturated carbocycles. The van der Waals surface area contributed by atoms with Gasteiger partial charge in [0.1, 0.15) is 22.7 Å². The van der Waals surface area contributed by atoms with Gasteiger partial charge in [0.05, 0.1) is 11.9 Å². The highest BCUT2D eigenvalue weighted by Gasteiger charge is 2.09. The van der Waals surface area contributed by atoms with E-state index < -0.39 is 0 Å². The summed E-state index contributed by atoms with van der Waals surface area (Å²) in [5, 5.41) is 8.50. The van der Waals surface area contributed by atoms with E-state index >= 15 is 0 Å². The van der Waals surface area contributed by atoms with E-state index in [-0.39, 0.29) is 0 Å². The SMILES string of the molecule is Cc1ccc(-c2cc(CNc3ncnc4sc(C)cc34)on2)cc1. The second-order valence-corrected chi connectivity index (χ2v) is 6.93. The summed E-state index contributed by atoms with van der Waals surface area (Å²) in [6, 6.07) is 12.3. The summed E-state index contributed by atoms with van der Waals surface area (Å²) >= 11 is 1.66. The first-order valence-electron chi connectivity index (χ1n) is 7.67. The molecule has 0 aliphatic rings. The molecule has 4 aromatic rings. The van der Waals surface area contributed by atoms with Gasteiger partial charge < -0.3 is 9.84 Å². The first-order valence-corrected chi connectivity index (χ1v) is 8.48. The van der Waals surface area contributed by atoms with E-state index in [4.69, 9.17) is 4.52 Å². The Balaban J connectivity index is 1.53. The van der Waals surface area contributed by atoms with Crippen molar-refractivity contribution in [2.75, 3.05) is 5.32 Å². The molecule has 0 amide bonds. The lowest BCUT2D eigenvalue weighted by molar-refractivity contribution is 0.390. The lowest BCUT2D eigenvalue weighted by Crippen LogP contribution is -2.00. The summed E-state index contributed by atoms with van der Waals surface area (Å²) in [5.74, 6) is 1.59. The fraction of sp³-hybridized carbons (Fsp3) is 0.167. The zero-order valence-electron chi connectivity index (χ0n) is 13.4. The maximum Gasteiger partial charge on any atom is 0.156 e. The number of thiophene rings is 1. The van der Waals surface area contributed by atoms with Crippen LogP contribution in [0.25, 0.3) is 21.5 Å². The molecule has 0 aliphatic carbocycles. The molecular weight excluding hydrogens is 320 g/mol. The van der Waals surface area contributed by atoms with Crippen LogP contribution in [0.3, 0.4) is 0 Å². The average molecular weight is 336 g/mol. The van der Waals surface area contributed by atoms with Gasteiger partial charge >= 0.3 is 0 Å². The topological polar surface area (TPSA) is 63.8 Å². The fourth-order valence-corrected chi connectivity index (χ4v) is 3.39. The van der Waals surface area contributed by atoms with Crippen molar-refractivity contribution < 1.29 is 4.52 Å². The molecule has 6 heteroatoms. The van der Waals surface area contributed by atoms with Gasteiger partial charge in [-0.25, -0.2) is 9.97 Å². The van der Waals surface area contributed by atoms with Crippen molar-refractivity contribution in [1.82, 2.24) is 15.1 Å². The molecular formula is C18H16N4OS. The predicted molar refractivity (Wildman–Crippen MR) is 96.2 cm³/mol. The maximum absolute atomic E-state index is 5.44. The molecule has 4 rings (SSSR count). The third-order valence-corrected chi connectivity index (χ3v) is 4.75. The Hall–Kier alpha value is -2.73. The standard InChI is InChI=1S/C18H16N4OS/c1-11-3-5-13(6-4-11)16-8-14(23-22-16)9-19-17-15-7-12(2)24-18(15)21-10-20-17/h3-8,10H,9H2,1-2H3,(H,19,20,21). The molecule has 0 aliphatic heterocycles. The summed E-state index contributed by atoms with van der Waals surface area (Å²) in [6.07, 6.45) is 1.58. The Morgan fingerprint density at radius 3 is 2.75 bits per heavy atom. The highest BCUT2D eigenvalue weighted by atomic mass is 32.1. The third-order valence-electron chi connectivity index (χ3n) is 3.79. The zero-order valence-corrected chi connectivity index (χ0v) is 14.2. The monoisotopic (exact) mass is 336 g/mol. The van der Waals surface area contributed by atoms with Crippen LogP contribution in [-0.2, 0) is 6.54 Å². The molecule has 0 fully saturated rings. The van der Waals surface area contributed by atoms with Crippen LogP contribution in [0.5, 0.6) is 0 Å². The van der Waals surface area contributed by atoms with Crippen molar-refractivity contribution in [3.05, 3.63) is 58.9 Å². The van der Waals surface area contributed by atoms with Crippen LogP contribution < -0.4 is 5.32 Å². The Bertz CT molecular complexity index is 988. The van der Waals surface area contributed by atoms with Gasteiger partial charge in [0, 0.05) is 16.5 Å². The van der Waals surface area contributed by atoms with Gasteiger partial charge in [-0.3, -0.25) is 0 Å². The highest BCUT2D eigenvalue weighted by molar-refractivity contribution is 7.18. The number of benzene rings is 1. The van der Waals surface area contributed by atoms with Crippen LogP contribution in [-0.4, -0.2) is 15.1 Å². The van der Waals surface area contributed by atoms with Gasteiger partial charge in [-0.2, -0.15) is 0 Å². The molecule has 0 atom stereocenters. The van der Waals surface area contributed by atoms with Gasteiger partial charge in [-0.1, -0.05) is 35.0 Å². The number of aromatic nitrogens is 3. The Kier molecular flexibility index (Phi) is 3.74. The van der Waals surface area contributed by atoms with Crippen molar-refractivity contribution in [3.63, 3.8) is 0 Å². The Labute approximate surface area is 143 Å². The van der Waals surface area contributed by atoms with Gasteiger partial charge in [0.25, 0.3) is 0 Å². The maximum atomic E-state index is 5.44. The van der Waals surface area contributed by atoms with Crippen molar-refractivity contribution in [2.24, 2.45) is 0 Å². The quantitative estimate of drug-likeness (QED) is 0.591. The number of fused-ring (bicyclic) bond motifs is 1. The van der Waals surface area contributed by atoms with E-state index in [1.807, 2.05) is 18.2 Å². The minimum absolute atomic E-state index is 0.528. The van der Waals surface area contributed by atoms with Crippen molar-refractivity contribution in [1.29, 1.82) is 0 Å². The van der Waals surface area contributed by atoms with Gasteiger partial charge in [0.15, 0.2) is 5.76 Å². The highest BCUT2D eigenvalue weighted by Crippen LogP contribution is 2.28. The largest absolute Gasteiger partial charge is 0.362 e. The fourth-order valence-electron chi connectivity index (χ4n) is 2.54. The average Bonchev–Trinajstić information content (AvgIpc) is 3.19. The second kappa shape index (κ2) is 6.05. The van der Waals surface area contributed by atoms with E-state index in [0.29, 0.717) is 6.54 Å². The molecule has 0 unspecified atom stereocenters. The molecule has 0 radical (unpaired) electrons. The molecule has 120 valence electrons. The molecule has 3 heterocycles. The third kappa shape index (κ3) is 2.88. The number of aryl methyl sites for hydroxylation is 2. The summed E-state index contributed by atoms with van der Waals surface area (Å²) in [7, 11) is 0. The van der Waals surface area contributed by atoms with Crippen LogP contribution in [0.4, 0.5) is 5.82 Å². The summed E-state index contributed by atoms with van der Waals surface area (Å²) < 4.78 is 5.44. The second-order valence-electron chi connectivity index (χ2n) is 5.70. The predicted octanol–water partition coefficient (Wildman–Crippen LogP) is 4.58. The molecule has 24 heavy (non-hydrogen) atoms. The van der Waals surface area contributed by atoms with Crippen molar-refractivity contribution in [3.8, 4) is 11.3 Å². The smallest absolute Gasteiger partial charge is 0.156 e. The minimum atomic E-state index is 0.528. The van der Waals surface area contributed by atoms with E-state index in [9.17, 15) is 0 Å². The van der Waals surface area contributed by atoms with Crippen molar-refractivity contribution in [2.45, 2.75) is 20.4 Å². The van der Waals surface area contributed by atoms with E-state index in [2.05, 4.69) is 52.5 Å². The van der Waals surface area contributed by atoms with Crippen LogP contribution in [0.15, 0.2) is 47.2 Å². The molecule has 0 bridgehead atoms. The normalized spacial score (nSPS) is 11.1. The Morgan fingerprint density at radius 2 is 1.92 bits per heavy atom. The molecule has 5 nitrogen and oxygen atoms in total. The van der Waals surface area contributed by atoms with Crippen LogP contribution in [0.1, 0.15) is 16.2 Å². The van der Waals surface area contributed by atoms with Crippen LogP contribution in [0, 0.1) is 13.8 Å². The summed E-state index contributed by atoms with van der Waals surface area (Å²) in [6.45, 7) is 4.66. The van der Waals surface area contributed by atoms with E-state index in [0.717, 1.165) is 33.1 Å². The Morgan fingerprint density at radius 1 is 1.08 bits per heavy atom. The molecule has 1 aromatic carbocycles. The molecule has 1 N–H and O–H groups in total. The van der Waals surface area contributed by atoms with E-state index in [1.165, 1.54) is 10.4 Å². The zero-order chi connectivity index (χ0) is 16.5. The van der Waals surface area contributed by atoms with E-state index in [1.54, 1.807) is 17.7 Å². The number of hydrogen-bond acceptors (Lipinski definition) is 6. The molecule has 3 aromatic heterocycles. The number of nitrogens with one attached hydrogen (secondary N) is 1. The number of nitrogens with zero attached hydrogens (tertiary/aromatic N) is 3. The van der Waals surface area contributed by atoms with Crippen LogP contribution in [0.2, 0.25) is 0 Å². The summed E-state index contributed by atoms with van der Waals surface area (Å²) in [5.41, 5.74) is 3.11. The first kappa shape index (κ1) is 14.8. The minimum Gasteiger partial charge on any atom is -0.362 e. The lowest BCUT2D eigenvalue weighted by Gasteiger charge is -2.03. The van der Waals surface area contributed by atoms with Crippen LogP contribution >= 0.6 is 11.3 Å². The number of hydrogen-bond donors (Lipinski definition) is 1. The van der Waals surface area contributed by atoms with Crippen molar-refractivity contribution >= 4 is 27.4 Å². The van der Waals surface area contributed by atoms with Gasteiger partial charge in [0.2, 0.25) is 0 Å².